The Morgan fingerprint density at radius 2 is 2.14 bits per heavy atom. The molecule has 1 N–H and O–H groups in total. The minimum atomic E-state index is -0.906. The molecule has 1 aliphatic heterocycles. The fraction of sp³-hybridized carbons (Fsp3) is 0.385. The maximum absolute atomic E-state index is 11.2. The van der Waals surface area contributed by atoms with Crippen LogP contribution < -0.4 is 4.90 Å². The number of aliphatic carboxylic acids is 1. The van der Waals surface area contributed by atoms with Gasteiger partial charge in [-0.2, -0.15) is 0 Å². The van der Waals surface area contributed by atoms with Gasteiger partial charge in [0.05, 0.1) is 24.4 Å². The Kier molecular flexibility index (Phi) is 4.06. The first kappa shape index (κ1) is 14.8. The minimum absolute atomic E-state index is 0.0463. The van der Waals surface area contributed by atoms with Gasteiger partial charge in [0.2, 0.25) is 0 Å². The van der Waals surface area contributed by atoms with Crippen molar-refractivity contribution in [3.05, 3.63) is 33.9 Å². The number of methoxy groups -OCH3 is 1. The van der Waals surface area contributed by atoms with Crippen LogP contribution in [-0.2, 0) is 20.7 Å². The summed E-state index contributed by atoms with van der Waals surface area (Å²) in [6.07, 6.45) is -0.0463. The second-order valence-corrected chi connectivity index (χ2v) is 4.77. The van der Waals surface area contributed by atoms with E-state index in [1.54, 1.807) is 11.0 Å². The van der Waals surface area contributed by atoms with E-state index < -0.39 is 22.8 Å². The molecule has 1 aliphatic rings. The van der Waals surface area contributed by atoms with E-state index in [1.165, 1.54) is 19.2 Å². The number of benzene rings is 1. The highest BCUT2D eigenvalue weighted by molar-refractivity contribution is 5.77. The van der Waals surface area contributed by atoms with Crippen LogP contribution in [-0.4, -0.2) is 42.2 Å². The number of carbonyl (C=O) groups is 2. The molecule has 21 heavy (non-hydrogen) atoms. The molecule has 8 heteroatoms. The van der Waals surface area contributed by atoms with Gasteiger partial charge in [-0.15, -0.1) is 0 Å². The van der Waals surface area contributed by atoms with E-state index >= 15 is 0 Å². The lowest BCUT2D eigenvalue weighted by molar-refractivity contribution is -0.384. The van der Waals surface area contributed by atoms with Gasteiger partial charge in [0.25, 0.3) is 5.69 Å². The van der Waals surface area contributed by atoms with Crippen LogP contribution in [0, 0.1) is 16.0 Å². The first-order chi connectivity index (χ1) is 9.92. The molecule has 112 valence electrons. The second kappa shape index (κ2) is 5.78. The summed E-state index contributed by atoms with van der Waals surface area (Å²) in [5.74, 6) is -1.89. The molecule has 0 atom stereocenters. The van der Waals surface area contributed by atoms with Crippen LogP contribution in [0.5, 0.6) is 0 Å². The molecule has 0 spiro atoms. The molecule has 1 heterocycles. The van der Waals surface area contributed by atoms with Gasteiger partial charge in [-0.25, -0.2) is 0 Å². The first-order valence-electron chi connectivity index (χ1n) is 6.24. The lowest BCUT2D eigenvalue weighted by Gasteiger charge is -2.38. The Morgan fingerprint density at radius 3 is 2.67 bits per heavy atom. The van der Waals surface area contributed by atoms with E-state index in [4.69, 9.17) is 5.11 Å². The summed E-state index contributed by atoms with van der Waals surface area (Å²) >= 11 is 0. The third kappa shape index (κ3) is 3.10. The van der Waals surface area contributed by atoms with E-state index in [0.29, 0.717) is 11.3 Å². The highest BCUT2D eigenvalue weighted by Gasteiger charge is 2.35. The molecule has 0 bridgehead atoms. The zero-order valence-electron chi connectivity index (χ0n) is 11.3. The van der Waals surface area contributed by atoms with Crippen LogP contribution in [0.25, 0.3) is 0 Å². The summed E-state index contributed by atoms with van der Waals surface area (Å²) in [5.41, 5.74) is 0.707. The number of hydrogen-bond acceptors (Lipinski definition) is 6. The lowest BCUT2D eigenvalue weighted by atomic mass is 9.98. The third-order valence-corrected chi connectivity index (χ3v) is 3.38. The van der Waals surface area contributed by atoms with E-state index in [1.807, 2.05) is 0 Å². The van der Waals surface area contributed by atoms with Crippen molar-refractivity contribution in [2.24, 2.45) is 5.92 Å². The lowest BCUT2D eigenvalue weighted by Crippen LogP contribution is -2.50. The molecular weight excluding hydrogens is 280 g/mol. The number of nitro groups is 1. The molecule has 0 aliphatic carbocycles. The quantitative estimate of drug-likeness (QED) is 0.486. The Labute approximate surface area is 120 Å². The topological polar surface area (TPSA) is 110 Å². The van der Waals surface area contributed by atoms with Crippen LogP contribution in [0.2, 0.25) is 0 Å². The Morgan fingerprint density at radius 1 is 1.48 bits per heavy atom. The van der Waals surface area contributed by atoms with Crippen LogP contribution in [0.1, 0.15) is 5.56 Å². The van der Waals surface area contributed by atoms with Gasteiger partial charge in [-0.05, 0) is 11.6 Å². The van der Waals surface area contributed by atoms with Gasteiger partial charge in [-0.3, -0.25) is 19.7 Å². The number of carboxylic acid groups (broad SMARTS) is 1. The summed E-state index contributed by atoms with van der Waals surface area (Å²) < 4.78 is 4.52. The van der Waals surface area contributed by atoms with Crippen molar-refractivity contribution in [3.8, 4) is 0 Å². The predicted octanol–water partition coefficient (Wildman–Crippen LogP) is 0.831. The number of carbonyl (C=O) groups excluding carboxylic acids is 1. The third-order valence-electron chi connectivity index (χ3n) is 3.38. The van der Waals surface area contributed by atoms with Gasteiger partial charge < -0.3 is 14.7 Å². The zero-order chi connectivity index (χ0) is 15.6. The molecule has 2 rings (SSSR count). The van der Waals surface area contributed by atoms with E-state index in [2.05, 4.69) is 4.74 Å². The minimum Gasteiger partial charge on any atom is -0.481 e. The number of nitrogens with zero attached hydrogens (tertiary/aromatic N) is 2. The SMILES string of the molecule is COC(=O)Cc1ccc(N2CC(C(=O)O)C2)c([N+](=O)[O-])c1. The van der Waals surface area contributed by atoms with Gasteiger partial charge in [-0.1, -0.05) is 6.07 Å². The predicted molar refractivity (Wildman–Crippen MR) is 72.2 cm³/mol. The van der Waals surface area contributed by atoms with Gasteiger partial charge >= 0.3 is 11.9 Å². The van der Waals surface area contributed by atoms with Gasteiger partial charge in [0.15, 0.2) is 0 Å². The molecule has 0 amide bonds. The molecule has 1 aromatic rings. The number of nitro benzene ring substituents is 1. The smallest absolute Gasteiger partial charge is 0.310 e. The number of anilines is 1. The van der Waals surface area contributed by atoms with Crippen molar-refractivity contribution in [1.29, 1.82) is 0 Å². The van der Waals surface area contributed by atoms with Gasteiger partial charge in [0, 0.05) is 19.2 Å². The molecule has 0 unspecified atom stereocenters. The van der Waals surface area contributed by atoms with E-state index in [0.717, 1.165) is 0 Å². The monoisotopic (exact) mass is 294 g/mol. The molecule has 1 fully saturated rings. The number of ether oxygens (including phenoxy) is 1. The molecule has 1 aromatic carbocycles. The Hall–Kier alpha value is -2.64. The fourth-order valence-electron chi connectivity index (χ4n) is 2.16. The van der Waals surface area contributed by atoms with Crippen LogP contribution in [0.15, 0.2) is 18.2 Å². The van der Waals surface area contributed by atoms with Gasteiger partial charge in [0.1, 0.15) is 5.69 Å². The summed E-state index contributed by atoms with van der Waals surface area (Å²) in [5, 5.41) is 20.0. The molecular formula is C13H14N2O6. The van der Waals surface area contributed by atoms with Crippen molar-refractivity contribution in [2.75, 3.05) is 25.1 Å². The first-order valence-corrected chi connectivity index (χ1v) is 6.24. The summed E-state index contributed by atoms with van der Waals surface area (Å²) in [6.45, 7) is 0.485. The highest BCUT2D eigenvalue weighted by Crippen LogP contribution is 2.34. The molecule has 0 aromatic heterocycles. The number of hydrogen-bond donors (Lipinski definition) is 1. The summed E-state index contributed by atoms with van der Waals surface area (Å²) in [4.78, 5) is 34.2. The maximum Gasteiger partial charge on any atom is 0.310 e. The van der Waals surface area contributed by atoms with Crippen molar-refractivity contribution < 1.29 is 24.4 Å². The number of esters is 1. The number of rotatable bonds is 5. The van der Waals surface area contributed by atoms with Crippen molar-refractivity contribution >= 4 is 23.3 Å². The summed E-state index contributed by atoms with van der Waals surface area (Å²) in [7, 11) is 1.25. The normalized spacial score (nSPS) is 14.4. The average Bonchev–Trinajstić information content (AvgIpc) is 2.37. The maximum atomic E-state index is 11.2. The molecule has 8 nitrogen and oxygen atoms in total. The van der Waals surface area contributed by atoms with Crippen LogP contribution in [0.3, 0.4) is 0 Å². The van der Waals surface area contributed by atoms with Crippen LogP contribution >= 0.6 is 0 Å². The highest BCUT2D eigenvalue weighted by atomic mass is 16.6. The van der Waals surface area contributed by atoms with E-state index in [9.17, 15) is 19.7 Å². The second-order valence-electron chi connectivity index (χ2n) is 4.77. The summed E-state index contributed by atoms with van der Waals surface area (Å²) in [6, 6.07) is 4.46. The molecule has 0 saturated carbocycles. The number of carboxylic acids is 1. The van der Waals surface area contributed by atoms with E-state index in [-0.39, 0.29) is 25.2 Å². The molecule has 1 saturated heterocycles. The van der Waals surface area contributed by atoms with Crippen molar-refractivity contribution in [2.45, 2.75) is 6.42 Å². The largest absolute Gasteiger partial charge is 0.481 e. The zero-order valence-corrected chi connectivity index (χ0v) is 11.3. The van der Waals surface area contributed by atoms with Crippen molar-refractivity contribution in [1.82, 2.24) is 0 Å². The standard InChI is InChI=1S/C13H14N2O6/c1-21-12(16)5-8-2-3-10(11(4-8)15(19)20)14-6-9(7-14)13(17)18/h2-4,9H,5-7H2,1H3,(H,17,18). The van der Waals surface area contributed by atoms with Crippen LogP contribution in [0.4, 0.5) is 11.4 Å². The molecule has 0 radical (unpaired) electrons. The Balaban J connectivity index is 2.21. The fourth-order valence-corrected chi connectivity index (χ4v) is 2.16. The average molecular weight is 294 g/mol. The van der Waals surface area contributed by atoms with Crippen molar-refractivity contribution in [3.63, 3.8) is 0 Å². The Bertz CT molecular complexity index is 594.